The Bertz CT molecular complexity index is 625. The molecule has 2 saturated carbocycles. The van der Waals surface area contributed by atoms with Crippen molar-refractivity contribution in [3.05, 3.63) is 28.0 Å². The molecular weight excluding hydrogens is 359 g/mol. The summed E-state index contributed by atoms with van der Waals surface area (Å²) < 4.78 is 5.36. The standard InChI is InChI=1S/C19H26Cl2N2O2/c1-18(2,3)25-17(24)22-14-6-4-12(5-7-14)19(8-9-19)13-10-15(20)23-16(21)11-13/h10-12,14H,4-9H2,1-3H3,(H,22,24). The van der Waals surface area contributed by atoms with E-state index in [9.17, 15) is 4.79 Å². The molecule has 0 aliphatic heterocycles. The molecule has 138 valence electrons. The van der Waals surface area contributed by atoms with Crippen molar-refractivity contribution in [3.8, 4) is 0 Å². The topological polar surface area (TPSA) is 51.2 Å². The predicted molar refractivity (Wildman–Crippen MR) is 100 cm³/mol. The third-order valence-corrected chi connectivity index (χ3v) is 5.74. The minimum absolute atomic E-state index is 0.200. The normalized spacial score (nSPS) is 25.3. The van der Waals surface area contributed by atoms with Gasteiger partial charge in [0, 0.05) is 6.04 Å². The second-order valence-electron chi connectivity index (χ2n) is 8.35. The second kappa shape index (κ2) is 6.96. The Kier molecular flexibility index (Phi) is 5.23. The van der Waals surface area contributed by atoms with Crippen molar-refractivity contribution in [1.82, 2.24) is 10.3 Å². The number of nitrogens with one attached hydrogen (secondary N) is 1. The van der Waals surface area contributed by atoms with Crippen molar-refractivity contribution in [3.63, 3.8) is 0 Å². The summed E-state index contributed by atoms with van der Waals surface area (Å²) in [6, 6.07) is 4.13. The van der Waals surface area contributed by atoms with Crippen LogP contribution in [-0.4, -0.2) is 22.7 Å². The van der Waals surface area contributed by atoms with E-state index in [0.29, 0.717) is 16.2 Å². The lowest BCUT2D eigenvalue weighted by atomic mass is 9.73. The van der Waals surface area contributed by atoms with Crippen LogP contribution in [0.2, 0.25) is 10.3 Å². The van der Waals surface area contributed by atoms with Crippen molar-refractivity contribution in [2.45, 2.75) is 76.4 Å². The fraction of sp³-hybridized carbons (Fsp3) is 0.684. The van der Waals surface area contributed by atoms with Crippen molar-refractivity contribution in [2.75, 3.05) is 0 Å². The van der Waals surface area contributed by atoms with Crippen LogP contribution in [0, 0.1) is 5.92 Å². The molecule has 3 rings (SSSR count). The molecular formula is C19H26Cl2N2O2. The number of hydrogen-bond acceptors (Lipinski definition) is 3. The molecule has 0 bridgehead atoms. The van der Waals surface area contributed by atoms with Gasteiger partial charge in [-0.05, 0) is 88.3 Å². The number of amides is 1. The predicted octanol–water partition coefficient (Wildman–Crippen LogP) is 5.50. The summed E-state index contributed by atoms with van der Waals surface area (Å²) in [5.74, 6) is 0.610. The molecule has 1 N–H and O–H groups in total. The number of ether oxygens (including phenoxy) is 1. The SMILES string of the molecule is CC(C)(C)OC(=O)NC1CCC(C2(c3cc(Cl)nc(Cl)c3)CC2)CC1. The molecule has 0 radical (unpaired) electrons. The van der Waals surface area contributed by atoms with Crippen molar-refractivity contribution >= 4 is 29.3 Å². The van der Waals surface area contributed by atoms with Crippen LogP contribution in [0.4, 0.5) is 4.79 Å². The lowest BCUT2D eigenvalue weighted by molar-refractivity contribution is 0.0484. The van der Waals surface area contributed by atoms with Crippen LogP contribution in [0.15, 0.2) is 12.1 Å². The number of hydrogen-bond donors (Lipinski definition) is 1. The summed E-state index contributed by atoms with van der Waals surface area (Å²) >= 11 is 12.2. The highest BCUT2D eigenvalue weighted by molar-refractivity contribution is 6.32. The maximum absolute atomic E-state index is 11.9. The van der Waals surface area contributed by atoms with Crippen LogP contribution in [0.1, 0.15) is 64.9 Å². The molecule has 0 saturated heterocycles. The molecule has 0 aromatic carbocycles. The van der Waals surface area contributed by atoms with Crippen LogP contribution >= 0.6 is 23.2 Å². The van der Waals surface area contributed by atoms with E-state index in [0.717, 1.165) is 25.7 Å². The highest BCUT2D eigenvalue weighted by Gasteiger charge is 2.51. The first-order valence-corrected chi connectivity index (χ1v) is 9.77. The Morgan fingerprint density at radius 3 is 2.20 bits per heavy atom. The number of carbonyl (C=O) groups is 1. The van der Waals surface area contributed by atoms with Gasteiger partial charge >= 0.3 is 6.09 Å². The first kappa shape index (κ1) is 18.8. The smallest absolute Gasteiger partial charge is 0.407 e. The zero-order valence-corrected chi connectivity index (χ0v) is 16.6. The van der Waals surface area contributed by atoms with Gasteiger partial charge < -0.3 is 10.1 Å². The third-order valence-electron chi connectivity index (χ3n) is 5.36. The highest BCUT2D eigenvalue weighted by Crippen LogP contribution is 2.58. The molecule has 2 fully saturated rings. The fourth-order valence-corrected chi connectivity index (χ4v) is 4.54. The number of aromatic nitrogens is 1. The van der Waals surface area contributed by atoms with E-state index < -0.39 is 5.60 Å². The van der Waals surface area contributed by atoms with Gasteiger partial charge in [-0.1, -0.05) is 23.2 Å². The number of rotatable bonds is 3. The second-order valence-corrected chi connectivity index (χ2v) is 9.13. The average Bonchev–Trinajstić information content (AvgIpc) is 3.26. The number of pyridine rings is 1. The first-order chi connectivity index (χ1) is 11.7. The van der Waals surface area contributed by atoms with Gasteiger partial charge in [0.15, 0.2) is 0 Å². The molecule has 2 aliphatic rings. The molecule has 4 nitrogen and oxygen atoms in total. The van der Waals surface area contributed by atoms with E-state index >= 15 is 0 Å². The van der Waals surface area contributed by atoms with Gasteiger partial charge in [-0.25, -0.2) is 9.78 Å². The Labute approximate surface area is 159 Å². The van der Waals surface area contributed by atoms with Gasteiger partial charge in [-0.15, -0.1) is 0 Å². The summed E-state index contributed by atoms with van der Waals surface area (Å²) in [5, 5.41) is 3.95. The zero-order chi connectivity index (χ0) is 18.2. The minimum Gasteiger partial charge on any atom is -0.444 e. The molecule has 2 aliphatic carbocycles. The van der Waals surface area contributed by atoms with Crippen molar-refractivity contribution in [2.24, 2.45) is 5.92 Å². The molecule has 1 heterocycles. The Balaban J connectivity index is 1.58. The van der Waals surface area contributed by atoms with E-state index in [2.05, 4.69) is 10.3 Å². The molecule has 6 heteroatoms. The van der Waals surface area contributed by atoms with E-state index in [1.54, 1.807) is 0 Å². The van der Waals surface area contributed by atoms with Crippen molar-refractivity contribution < 1.29 is 9.53 Å². The Morgan fingerprint density at radius 1 is 1.16 bits per heavy atom. The summed E-state index contributed by atoms with van der Waals surface area (Å²) in [7, 11) is 0. The summed E-state index contributed by atoms with van der Waals surface area (Å²) in [6.07, 6.45) is 6.20. The molecule has 0 unspecified atom stereocenters. The number of nitrogens with zero attached hydrogens (tertiary/aromatic N) is 1. The fourth-order valence-electron chi connectivity index (χ4n) is 4.08. The van der Waals surface area contributed by atoms with Crippen molar-refractivity contribution in [1.29, 1.82) is 0 Å². The largest absolute Gasteiger partial charge is 0.444 e. The quantitative estimate of drug-likeness (QED) is 0.699. The monoisotopic (exact) mass is 384 g/mol. The molecule has 0 atom stereocenters. The Morgan fingerprint density at radius 2 is 1.72 bits per heavy atom. The van der Waals surface area contributed by atoms with Gasteiger partial charge in [0.2, 0.25) is 0 Å². The average molecular weight is 385 g/mol. The maximum Gasteiger partial charge on any atom is 0.407 e. The summed E-state index contributed by atoms with van der Waals surface area (Å²) in [5.41, 5.74) is 0.966. The maximum atomic E-state index is 11.9. The van der Waals surface area contributed by atoms with Crippen LogP contribution in [0.3, 0.4) is 0 Å². The van der Waals surface area contributed by atoms with Crippen LogP contribution in [-0.2, 0) is 10.2 Å². The van der Waals surface area contributed by atoms with E-state index in [-0.39, 0.29) is 17.6 Å². The molecule has 0 spiro atoms. The Hall–Kier alpha value is -1.00. The van der Waals surface area contributed by atoms with Gasteiger partial charge in [-0.2, -0.15) is 0 Å². The van der Waals surface area contributed by atoms with Gasteiger partial charge in [0.05, 0.1) is 0 Å². The van der Waals surface area contributed by atoms with Crippen LogP contribution in [0.5, 0.6) is 0 Å². The van der Waals surface area contributed by atoms with E-state index in [1.807, 2.05) is 32.9 Å². The highest BCUT2D eigenvalue weighted by atomic mass is 35.5. The molecule has 1 aromatic heterocycles. The number of halogens is 2. The zero-order valence-electron chi connectivity index (χ0n) is 15.1. The lowest BCUT2D eigenvalue weighted by Crippen LogP contribution is -2.42. The number of alkyl carbamates (subject to hydrolysis) is 1. The van der Waals surface area contributed by atoms with Gasteiger partial charge in [0.25, 0.3) is 0 Å². The van der Waals surface area contributed by atoms with Crippen LogP contribution in [0.25, 0.3) is 0 Å². The van der Waals surface area contributed by atoms with E-state index in [4.69, 9.17) is 27.9 Å². The van der Waals surface area contributed by atoms with Gasteiger partial charge in [-0.3, -0.25) is 0 Å². The molecule has 25 heavy (non-hydrogen) atoms. The number of carbonyl (C=O) groups excluding carboxylic acids is 1. The summed E-state index contributed by atoms with van der Waals surface area (Å²) in [4.78, 5) is 16.0. The van der Waals surface area contributed by atoms with Crippen LogP contribution < -0.4 is 5.32 Å². The third kappa shape index (κ3) is 4.59. The molecule has 1 amide bonds. The minimum atomic E-state index is -0.459. The van der Waals surface area contributed by atoms with Gasteiger partial charge in [0.1, 0.15) is 15.9 Å². The summed E-state index contributed by atoms with van der Waals surface area (Å²) in [6.45, 7) is 5.64. The molecule has 1 aromatic rings. The lowest BCUT2D eigenvalue weighted by Gasteiger charge is -2.35. The first-order valence-electron chi connectivity index (χ1n) is 9.01. The van der Waals surface area contributed by atoms with E-state index in [1.165, 1.54) is 18.4 Å².